The van der Waals surface area contributed by atoms with Crippen LogP contribution in [0.1, 0.15) is 26.2 Å². The number of amides is 1. The Hall–Kier alpha value is -1.91. The average Bonchev–Trinajstić information content (AvgIpc) is 2.53. The first-order chi connectivity index (χ1) is 10.2. The number of piperidine rings is 1. The van der Waals surface area contributed by atoms with E-state index in [0.29, 0.717) is 25.8 Å². The van der Waals surface area contributed by atoms with Crippen LogP contribution < -0.4 is 14.8 Å². The molecule has 1 saturated heterocycles. The third-order valence-electron chi connectivity index (χ3n) is 4.11. The molecule has 0 unspecified atom stereocenters. The van der Waals surface area contributed by atoms with Crippen LogP contribution in [-0.4, -0.2) is 43.2 Å². The molecular formula is C16H22N2O3. The molecule has 0 spiro atoms. The van der Waals surface area contributed by atoms with E-state index in [0.717, 1.165) is 36.6 Å². The van der Waals surface area contributed by atoms with Gasteiger partial charge in [0.15, 0.2) is 11.5 Å². The fraction of sp³-hybridized carbons (Fsp3) is 0.562. The molecule has 2 heterocycles. The zero-order valence-corrected chi connectivity index (χ0v) is 12.4. The lowest BCUT2D eigenvalue weighted by molar-refractivity contribution is -0.132. The molecule has 21 heavy (non-hydrogen) atoms. The number of hydrogen-bond donors (Lipinski definition) is 1. The van der Waals surface area contributed by atoms with Crippen molar-refractivity contribution in [2.75, 3.05) is 31.6 Å². The van der Waals surface area contributed by atoms with Gasteiger partial charge in [-0.05, 0) is 38.3 Å². The molecule has 0 bridgehead atoms. The first-order valence-electron chi connectivity index (χ1n) is 7.67. The predicted molar refractivity (Wildman–Crippen MR) is 80.9 cm³/mol. The van der Waals surface area contributed by atoms with Crippen LogP contribution in [-0.2, 0) is 4.79 Å². The van der Waals surface area contributed by atoms with Crippen molar-refractivity contribution >= 4 is 11.6 Å². The van der Waals surface area contributed by atoms with Crippen LogP contribution in [0.2, 0.25) is 0 Å². The summed E-state index contributed by atoms with van der Waals surface area (Å²) in [5.74, 6) is 1.67. The second-order valence-electron chi connectivity index (χ2n) is 5.64. The molecular weight excluding hydrogens is 268 g/mol. The van der Waals surface area contributed by atoms with E-state index in [9.17, 15) is 4.79 Å². The van der Waals surface area contributed by atoms with E-state index in [1.165, 1.54) is 6.42 Å². The van der Waals surface area contributed by atoms with Gasteiger partial charge in [-0.2, -0.15) is 0 Å². The molecule has 1 atom stereocenters. The molecule has 1 N–H and O–H groups in total. The summed E-state index contributed by atoms with van der Waals surface area (Å²) in [5.41, 5.74) is 0.886. The highest BCUT2D eigenvalue weighted by Gasteiger charge is 2.22. The lowest BCUT2D eigenvalue weighted by Gasteiger charge is -2.33. The normalized spacial score (nSPS) is 21.0. The molecule has 0 radical (unpaired) electrons. The molecule has 1 amide bonds. The van der Waals surface area contributed by atoms with Gasteiger partial charge in [0, 0.05) is 24.3 Å². The van der Waals surface area contributed by atoms with Gasteiger partial charge in [0.2, 0.25) is 5.91 Å². The summed E-state index contributed by atoms with van der Waals surface area (Å²) in [4.78, 5) is 14.3. The zero-order valence-electron chi connectivity index (χ0n) is 12.4. The lowest BCUT2D eigenvalue weighted by Crippen LogP contribution is -2.44. The predicted octanol–water partition coefficient (Wildman–Crippen LogP) is 2.27. The molecule has 2 aliphatic heterocycles. The number of ether oxygens (including phenoxy) is 2. The SMILES string of the molecule is C[C@@H]1CCCCN1C(=O)CNc1ccc2c(c1)OCCO2. The van der Waals surface area contributed by atoms with Crippen molar-refractivity contribution in [3.8, 4) is 11.5 Å². The standard InChI is InChI=1S/C16H22N2O3/c1-12-4-2-3-7-18(12)16(19)11-17-13-5-6-14-15(10-13)21-9-8-20-14/h5-6,10,12,17H,2-4,7-9,11H2,1H3/t12-/m1/s1. The number of likely N-dealkylation sites (tertiary alicyclic amines) is 1. The Morgan fingerprint density at radius 2 is 2.10 bits per heavy atom. The number of fused-ring (bicyclic) bond motifs is 1. The van der Waals surface area contributed by atoms with Crippen molar-refractivity contribution in [1.29, 1.82) is 0 Å². The minimum atomic E-state index is 0.164. The van der Waals surface area contributed by atoms with E-state index in [-0.39, 0.29) is 5.91 Å². The molecule has 114 valence electrons. The van der Waals surface area contributed by atoms with Gasteiger partial charge in [-0.3, -0.25) is 4.79 Å². The highest BCUT2D eigenvalue weighted by Crippen LogP contribution is 2.32. The fourth-order valence-electron chi connectivity index (χ4n) is 2.90. The number of hydrogen-bond acceptors (Lipinski definition) is 4. The Labute approximate surface area is 125 Å². The maximum Gasteiger partial charge on any atom is 0.242 e. The van der Waals surface area contributed by atoms with Crippen molar-refractivity contribution in [3.63, 3.8) is 0 Å². The highest BCUT2D eigenvalue weighted by atomic mass is 16.6. The smallest absolute Gasteiger partial charge is 0.242 e. The number of anilines is 1. The van der Waals surface area contributed by atoms with E-state index >= 15 is 0 Å². The zero-order chi connectivity index (χ0) is 14.7. The lowest BCUT2D eigenvalue weighted by atomic mass is 10.0. The van der Waals surface area contributed by atoms with E-state index in [1.54, 1.807) is 0 Å². The largest absolute Gasteiger partial charge is 0.486 e. The third-order valence-corrected chi connectivity index (χ3v) is 4.11. The first kappa shape index (κ1) is 14.0. The molecule has 1 aromatic rings. The molecule has 1 fully saturated rings. The number of carbonyl (C=O) groups excluding carboxylic acids is 1. The summed E-state index contributed by atoms with van der Waals surface area (Å²) in [7, 11) is 0. The monoisotopic (exact) mass is 290 g/mol. The van der Waals surface area contributed by atoms with E-state index in [4.69, 9.17) is 9.47 Å². The summed E-state index contributed by atoms with van der Waals surface area (Å²) >= 11 is 0. The summed E-state index contributed by atoms with van der Waals surface area (Å²) in [6.07, 6.45) is 3.44. The fourth-order valence-corrected chi connectivity index (χ4v) is 2.90. The maximum absolute atomic E-state index is 12.3. The molecule has 0 saturated carbocycles. The van der Waals surface area contributed by atoms with Gasteiger partial charge in [-0.15, -0.1) is 0 Å². The van der Waals surface area contributed by atoms with Crippen LogP contribution in [0.25, 0.3) is 0 Å². The van der Waals surface area contributed by atoms with Gasteiger partial charge in [0.25, 0.3) is 0 Å². The first-order valence-corrected chi connectivity index (χ1v) is 7.67. The third kappa shape index (κ3) is 3.23. The van der Waals surface area contributed by atoms with E-state index in [2.05, 4.69) is 12.2 Å². The van der Waals surface area contributed by atoms with Crippen LogP contribution in [0.3, 0.4) is 0 Å². The Bertz CT molecular complexity index is 518. The van der Waals surface area contributed by atoms with Crippen LogP contribution >= 0.6 is 0 Å². The molecule has 5 heteroatoms. The summed E-state index contributed by atoms with van der Waals surface area (Å²) in [5, 5.41) is 3.19. The molecule has 5 nitrogen and oxygen atoms in total. The van der Waals surface area contributed by atoms with Crippen molar-refractivity contribution in [3.05, 3.63) is 18.2 Å². The number of nitrogens with zero attached hydrogens (tertiary/aromatic N) is 1. The summed E-state index contributed by atoms with van der Waals surface area (Å²) < 4.78 is 11.0. The molecule has 0 aliphatic carbocycles. The second-order valence-corrected chi connectivity index (χ2v) is 5.64. The van der Waals surface area contributed by atoms with Crippen molar-refractivity contribution < 1.29 is 14.3 Å². The quantitative estimate of drug-likeness (QED) is 0.928. The molecule has 2 aliphatic rings. The Balaban J connectivity index is 1.58. The van der Waals surface area contributed by atoms with Gasteiger partial charge in [0.05, 0.1) is 6.54 Å². The Morgan fingerprint density at radius 1 is 1.29 bits per heavy atom. The van der Waals surface area contributed by atoms with Gasteiger partial charge >= 0.3 is 0 Å². The maximum atomic E-state index is 12.3. The van der Waals surface area contributed by atoms with Gasteiger partial charge in [0.1, 0.15) is 13.2 Å². The Kier molecular flexibility index (Phi) is 4.18. The van der Waals surface area contributed by atoms with Crippen molar-refractivity contribution in [1.82, 2.24) is 4.90 Å². The van der Waals surface area contributed by atoms with E-state index < -0.39 is 0 Å². The topological polar surface area (TPSA) is 50.8 Å². The van der Waals surface area contributed by atoms with Gasteiger partial charge in [-0.1, -0.05) is 0 Å². The van der Waals surface area contributed by atoms with Gasteiger partial charge < -0.3 is 19.7 Å². The summed E-state index contributed by atoms with van der Waals surface area (Å²) in [6.45, 7) is 4.49. The second kappa shape index (κ2) is 6.24. The van der Waals surface area contributed by atoms with E-state index in [1.807, 2.05) is 23.1 Å². The number of rotatable bonds is 3. The Morgan fingerprint density at radius 3 is 2.90 bits per heavy atom. The van der Waals surface area contributed by atoms with Crippen molar-refractivity contribution in [2.45, 2.75) is 32.2 Å². The average molecular weight is 290 g/mol. The van der Waals surface area contributed by atoms with Crippen LogP contribution in [0, 0.1) is 0 Å². The minimum Gasteiger partial charge on any atom is -0.486 e. The molecule has 3 rings (SSSR count). The van der Waals surface area contributed by atoms with Crippen LogP contribution in [0.15, 0.2) is 18.2 Å². The minimum absolute atomic E-state index is 0.164. The highest BCUT2D eigenvalue weighted by molar-refractivity contribution is 5.81. The molecule has 0 aromatic heterocycles. The number of benzene rings is 1. The summed E-state index contributed by atoms with van der Waals surface area (Å²) in [6, 6.07) is 6.04. The number of carbonyl (C=O) groups is 1. The van der Waals surface area contributed by atoms with Crippen LogP contribution in [0.4, 0.5) is 5.69 Å². The van der Waals surface area contributed by atoms with Crippen molar-refractivity contribution in [2.24, 2.45) is 0 Å². The van der Waals surface area contributed by atoms with Crippen LogP contribution in [0.5, 0.6) is 11.5 Å². The van der Waals surface area contributed by atoms with Gasteiger partial charge in [-0.25, -0.2) is 0 Å². The molecule has 1 aromatic carbocycles. The number of nitrogens with one attached hydrogen (secondary N) is 1.